The van der Waals surface area contributed by atoms with Gasteiger partial charge in [0.05, 0.1) is 11.7 Å². The molecule has 2 atom stereocenters. The van der Waals surface area contributed by atoms with Gasteiger partial charge in [0.25, 0.3) is 7.37 Å². The van der Waals surface area contributed by atoms with E-state index in [1.54, 1.807) is 42.5 Å². The van der Waals surface area contributed by atoms with E-state index in [1.807, 2.05) is 0 Å². The summed E-state index contributed by atoms with van der Waals surface area (Å²) in [5.74, 6) is -2.50. The number of carboxylic acid groups (broad SMARTS) is 2. The standard InChI is InChI=1S/C16H13O6P/c17-15(18)9-14(16(19)20)23(21)13-8-4-2-6-11(13)10-5-1-3-7-12(10)22-23/h1-8,14H,9H2,(H,17,18)(H,19,20). The molecule has 7 heteroatoms. The summed E-state index contributed by atoms with van der Waals surface area (Å²) in [4.78, 5) is 22.6. The highest BCUT2D eigenvalue weighted by molar-refractivity contribution is 7.69. The molecule has 0 saturated heterocycles. The molecule has 0 saturated carbocycles. The first-order valence-electron chi connectivity index (χ1n) is 6.86. The number of aliphatic carboxylic acids is 2. The number of para-hydroxylation sites is 1. The molecule has 0 spiro atoms. The molecule has 1 heterocycles. The van der Waals surface area contributed by atoms with E-state index in [0.717, 1.165) is 0 Å². The van der Waals surface area contributed by atoms with Crippen LogP contribution in [-0.2, 0) is 14.2 Å². The lowest BCUT2D eigenvalue weighted by Gasteiger charge is -2.31. The highest BCUT2D eigenvalue weighted by Gasteiger charge is 2.47. The highest BCUT2D eigenvalue weighted by Crippen LogP contribution is 2.58. The number of hydrogen-bond acceptors (Lipinski definition) is 4. The predicted molar refractivity (Wildman–Crippen MR) is 83.4 cm³/mol. The maximum atomic E-state index is 13.4. The van der Waals surface area contributed by atoms with Crippen molar-refractivity contribution >= 4 is 24.6 Å². The van der Waals surface area contributed by atoms with Crippen LogP contribution in [0.5, 0.6) is 5.75 Å². The smallest absolute Gasteiger partial charge is 0.318 e. The Hall–Kier alpha value is -2.59. The number of rotatable bonds is 4. The zero-order valence-electron chi connectivity index (χ0n) is 11.9. The van der Waals surface area contributed by atoms with E-state index in [4.69, 9.17) is 9.63 Å². The van der Waals surface area contributed by atoms with Crippen molar-refractivity contribution in [1.29, 1.82) is 0 Å². The van der Waals surface area contributed by atoms with E-state index in [9.17, 15) is 19.3 Å². The summed E-state index contributed by atoms with van der Waals surface area (Å²) in [6, 6.07) is 13.5. The molecule has 0 aromatic heterocycles. The van der Waals surface area contributed by atoms with Crippen LogP contribution in [0.3, 0.4) is 0 Å². The van der Waals surface area contributed by atoms with Gasteiger partial charge in [-0.2, -0.15) is 0 Å². The Morgan fingerprint density at radius 1 is 1.00 bits per heavy atom. The molecule has 0 bridgehead atoms. The number of carboxylic acids is 2. The van der Waals surface area contributed by atoms with E-state index in [0.29, 0.717) is 16.9 Å². The summed E-state index contributed by atoms with van der Waals surface area (Å²) in [7, 11) is -3.94. The summed E-state index contributed by atoms with van der Waals surface area (Å²) in [5, 5.41) is 18.6. The molecule has 0 aliphatic carbocycles. The minimum absolute atomic E-state index is 0.243. The van der Waals surface area contributed by atoms with Crippen LogP contribution < -0.4 is 9.83 Å². The van der Waals surface area contributed by atoms with E-state index in [2.05, 4.69) is 0 Å². The van der Waals surface area contributed by atoms with Crippen molar-refractivity contribution in [2.24, 2.45) is 0 Å². The second kappa shape index (κ2) is 5.56. The van der Waals surface area contributed by atoms with Crippen LogP contribution in [0.2, 0.25) is 0 Å². The van der Waals surface area contributed by atoms with Crippen LogP contribution in [0.15, 0.2) is 48.5 Å². The van der Waals surface area contributed by atoms with Gasteiger partial charge in [-0.05, 0) is 17.7 Å². The minimum Gasteiger partial charge on any atom is -0.481 e. The van der Waals surface area contributed by atoms with Gasteiger partial charge in [-0.15, -0.1) is 0 Å². The number of fused-ring (bicyclic) bond motifs is 3. The fraction of sp³-hybridized carbons (Fsp3) is 0.125. The third-order valence-corrected chi connectivity index (χ3v) is 6.47. The number of benzene rings is 2. The third-order valence-electron chi connectivity index (χ3n) is 3.71. The molecule has 1 aliphatic rings. The molecule has 23 heavy (non-hydrogen) atoms. The minimum atomic E-state index is -3.94. The Labute approximate surface area is 131 Å². The third kappa shape index (κ3) is 2.51. The fourth-order valence-electron chi connectivity index (χ4n) is 2.69. The second-order valence-corrected chi connectivity index (χ2v) is 7.64. The first-order chi connectivity index (χ1) is 10.9. The van der Waals surface area contributed by atoms with Crippen molar-refractivity contribution in [3.8, 4) is 16.9 Å². The Morgan fingerprint density at radius 2 is 1.61 bits per heavy atom. The van der Waals surface area contributed by atoms with Gasteiger partial charge in [0.15, 0.2) is 5.66 Å². The first-order valence-corrected chi connectivity index (χ1v) is 8.56. The quantitative estimate of drug-likeness (QED) is 0.835. The molecule has 2 unspecified atom stereocenters. The monoisotopic (exact) mass is 332 g/mol. The Balaban J connectivity index is 2.23. The Morgan fingerprint density at radius 3 is 2.26 bits per heavy atom. The molecule has 0 radical (unpaired) electrons. The van der Waals surface area contributed by atoms with Crippen molar-refractivity contribution in [2.75, 3.05) is 0 Å². The normalized spacial score (nSPS) is 19.8. The summed E-state index contributed by atoms with van der Waals surface area (Å²) in [6.07, 6.45) is -0.775. The maximum absolute atomic E-state index is 13.4. The van der Waals surface area contributed by atoms with Crippen molar-refractivity contribution in [2.45, 2.75) is 12.1 Å². The van der Waals surface area contributed by atoms with Crippen LogP contribution in [0.4, 0.5) is 0 Å². The molecule has 118 valence electrons. The summed E-state index contributed by atoms with van der Waals surface area (Å²) in [6.45, 7) is 0. The summed E-state index contributed by atoms with van der Waals surface area (Å²) >= 11 is 0. The molecular weight excluding hydrogens is 319 g/mol. The molecule has 0 fully saturated rings. The maximum Gasteiger partial charge on any atom is 0.318 e. The van der Waals surface area contributed by atoms with Crippen molar-refractivity contribution in [1.82, 2.24) is 0 Å². The highest BCUT2D eigenvalue weighted by atomic mass is 31.2. The first kappa shape index (κ1) is 15.3. The molecule has 2 N–H and O–H groups in total. The largest absolute Gasteiger partial charge is 0.481 e. The van der Waals surface area contributed by atoms with Crippen molar-refractivity contribution in [3.63, 3.8) is 0 Å². The number of hydrogen-bond donors (Lipinski definition) is 2. The van der Waals surface area contributed by atoms with Gasteiger partial charge in [-0.25, -0.2) is 0 Å². The van der Waals surface area contributed by atoms with E-state index in [-0.39, 0.29) is 5.30 Å². The molecule has 0 amide bonds. The van der Waals surface area contributed by atoms with Crippen molar-refractivity contribution in [3.05, 3.63) is 48.5 Å². The molecular formula is C16H13O6P. The van der Waals surface area contributed by atoms with Crippen LogP contribution in [0.25, 0.3) is 11.1 Å². The van der Waals surface area contributed by atoms with E-state index in [1.165, 1.54) is 6.07 Å². The van der Waals surface area contributed by atoms with E-state index >= 15 is 0 Å². The van der Waals surface area contributed by atoms with Crippen LogP contribution >= 0.6 is 7.37 Å². The zero-order valence-corrected chi connectivity index (χ0v) is 12.8. The lowest BCUT2D eigenvalue weighted by Crippen LogP contribution is -2.33. The van der Waals surface area contributed by atoms with Gasteiger partial charge in [-0.3, -0.25) is 14.2 Å². The zero-order chi connectivity index (χ0) is 16.6. The predicted octanol–water partition coefficient (Wildman–Crippen LogP) is 2.58. The lowest BCUT2D eigenvalue weighted by atomic mass is 10.0. The molecule has 2 aromatic carbocycles. The van der Waals surface area contributed by atoms with Gasteiger partial charge in [0.2, 0.25) is 0 Å². The molecule has 1 aliphatic heterocycles. The SMILES string of the molecule is O=C(O)CC(C(=O)O)P1(=O)Oc2ccccc2-c2ccccc21. The van der Waals surface area contributed by atoms with Gasteiger partial charge < -0.3 is 14.7 Å². The summed E-state index contributed by atoms with van der Waals surface area (Å²) in [5.41, 5.74) is -0.335. The Bertz CT molecular complexity index is 844. The van der Waals surface area contributed by atoms with Gasteiger partial charge in [0.1, 0.15) is 5.75 Å². The molecule has 3 rings (SSSR count). The Kier molecular flexibility index (Phi) is 3.70. The average molecular weight is 332 g/mol. The number of carbonyl (C=O) groups is 2. The second-order valence-electron chi connectivity index (χ2n) is 5.15. The lowest BCUT2D eigenvalue weighted by molar-refractivity contribution is -0.143. The topological polar surface area (TPSA) is 101 Å². The fourth-order valence-corrected chi connectivity index (χ4v) is 5.21. The summed E-state index contributed by atoms with van der Waals surface area (Å²) < 4.78 is 19.0. The van der Waals surface area contributed by atoms with Gasteiger partial charge >= 0.3 is 11.9 Å². The average Bonchev–Trinajstić information content (AvgIpc) is 2.52. The van der Waals surface area contributed by atoms with Gasteiger partial charge in [-0.1, -0.05) is 36.4 Å². The van der Waals surface area contributed by atoms with Crippen LogP contribution in [0, 0.1) is 0 Å². The molecule has 6 nitrogen and oxygen atoms in total. The van der Waals surface area contributed by atoms with Crippen LogP contribution in [0.1, 0.15) is 6.42 Å². The van der Waals surface area contributed by atoms with Crippen molar-refractivity contribution < 1.29 is 28.9 Å². The van der Waals surface area contributed by atoms with Gasteiger partial charge in [0, 0.05) is 5.56 Å². The van der Waals surface area contributed by atoms with E-state index < -0.39 is 31.4 Å². The van der Waals surface area contributed by atoms with Crippen LogP contribution in [-0.4, -0.2) is 27.8 Å². The molecule has 2 aromatic rings.